The van der Waals surface area contributed by atoms with E-state index in [9.17, 15) is 19.5 Å². The highest BCUT2D eigenvalue weighted by Crippen LogP contribution is 2.23. The van der Waals surface area contributed by atoms with Crippen molar-refractivity contribution in [3.05, 3.63) is 63.6 Å². The number of phenols is 1. The van der Waals surface area contributed by atoms with Gasteiger partial charge in [0.2, 0.25) is 0 Å². The molecule has 0 fully saturated rings. The molecule has 1 aliphatic rings. The summed E-state index contributed by atoms with van der Waals surface area (Å²) in [4.78, 5) is 37.6. The average molecular weight is 342 g/mol. The maximum Gasteiger partial charge on any atom is 0.323 e. The Morgan fingerprint density at radius 3 is 2.72 bits per heavy atom. The van der Waals surface area contributed by atoms with Gasteiger partial charge in [-0.2, -0.15) is 0 Å². The molecule has 0 aliphatic carbocycles. The number of aryl methyl sites for hydroxylation is 1. The van der Waals surface area contributed by atoms with Crippen molar-refractivity contribution in [1.29, 1.82) is 0 Å². The number of pyridine rings is 1. The van der Waals surface area contributed by atoms with E-state index in [4.69, 9.17) is 5.11 Å². The lowest BCUT2D eigenvalue weighted by atomic mass is 10.0. The van der Waals surface area contributed by atoms with Crippen molar-refractivity contribution < 1.29 is 19.8 Å². The standard InChI is InChI=1S/C18H18N2O5/c21-14-6-5-12-3-1-7-19(10-13(12)9-14)17(24)15-4-2-8-20(18(15)25)11-16(22)23/h2,4-6,8-9,21H,1,3,7,10-11H2,(H,22,23). The molecule has 0 saturated carbocycles. The summed E-state index contributed by atoms with van der Waals surface area (Å²) < 4.78 is 1.01. The number of carboxylic acids is 1. The number of carbonyl (C=O) groups is 2. The van der Waals surface area contributed by atoms with Gasteiger partial charge >= 0.3 is 5.97 Å². The maximum absolute atomic E-state index is 12.8. The fraction of sp³-hybridized carbons (Fsp3) is 0.278. The number of benzene rings is 1. The molecular weight excluding hydrogens is 324 g/mol. The number of rotatable bonds is 3. The number of amides is 1. The summed E-state index contributed by atoms with van der Waals surface area (Å²) >= 11 is 0. The van der Waals surface area contributed by atoms with Crippen molar-refractivity contribution in [1.82, 2.24) is 9.47 Å². The van der Waals surface area contributed by atoms with E-state index in [2.05, 4.69) is 0 Å². The Morgan fingerprint density at radius 1 is 1.16 bits per heavy atom. The van der Waals surface area contributed by atoms with Crippen molar-refractivity contribution in [2.75, 3.05) is 6.54 Å². The molecule has 25 heavy (non-hydrogen) atoms. The monoisotopic (exact) mass is 342 g/mol. The number of hydrogen-bond acceptors (Lipinski definition) is 4. The minimum Gasteiger partial charge on any atom is -0.508 e. The smallest absolute Gasteiger partial charge is 0.323 e. The van der Waals surface area contributed by atoms with E-state index >= 15 is 0 Å². The summed E-state index contributed by atoms with van der Waals surface area (Å²) in [5.74, 6) is -1.44. The molecule has 0 spiro atoms. The lowest BCUT2D eigenvalue weighted by Crippen LogP contribution is -2.37. The lowest BCUT2D eigenvalue weighted by molar-refractivity contribution is -0.137. The van der Waals surface area contributed by atoms with E-state index in [0.717, 1.165) is 28.5 Å². The van der Waals surface area contributed by atoms with Crippen molar-refractivity contribution >= 4 is 11.9 Å². The number of nitrogens with zero attached hydrogens (tertiary/aromatic N) is 2. The Balaban J connectivity index is 1.91. The fourth-order valence-corrected chi connectivity index (χ4v) is 3.06. The zero-order chi connectivity index (χ0) is 18.0. The number of carbonyl (C=O) groups excluding carboxylic acids is 1. The highest BCUT2D eigenvalue weighted by atomic mass is 16.4. The van der Waals surface area contributed by atoms with Gasteiger partial charge in [0.1, 0.15) is 17.9 Å². The fourth-order valence-electron chi connectivity index (χ4n) is 3.06. The van der Waals surface area contributed by atoms with Gasteiger partial charge in [-0.05, 0) is 48.2 Å². The van der Waals surface area contributed by atoms with Crippen LogP contribution in [0.1, 0.15) is 27.9 Å². The van der Waals surface area contributed by atoms with Gasteiger partial charge in [-0.1, -0.05) is 6.07 Å². The predicted molar refractivity (Wildman–Crippen MR) is 89.5 cm³/mol. The largest absolute Gasteiger partial charge is 0.508 e. The number of aromatic hydroxyl groups is 1. The number of phenolic OH excluding ortho intramolecular Hbond substituents is 1. The van der Waals surface area contributed by atoms with Crippen LogP contribution in [0, 0.1) is 0 Å². The van der Waals surface area contributed by atoms with Gasteiger partial charge in [0.25, 0.3) is 11.5 Å². The number of fused-ring (bicyclic) bond motifs is 1. The summed E-state index contributed by atoms with van der Waals surface area (Å²) in [6.45, 7) is 0.300. The van der Waals surface area contributed by atoms with Crippen LogP contribution in [0.4, 0.5) is 0 Å². The maximum atomic E-state index is 12.8. The lowest BCUT2D eigenvalue weighted by Gasteiger charge is -2.21. The summed E-state index contributed by atoms with van der Waals surface area (Å²) in [5, 5.41) is 18.5. The van der Waals surface area contributed by atoms with Crippen LogP contribution in [0.2, 0.25) is 0 Å². The second kappa shape index (κ2) is 6.80. The molecule has 0 atom stereocenters. The summed E-state index contributed by atoms with van der Waals surface area (Å²) in [6, 6.07) is 8.01. The first-order valence-corrected chi connectivity index (χ1v) is 7.97. The predicted octanol–water partition coefficient (Wildman–Crippen LogP) is 1.23. The quantitative estimate of drug-likeness (QED) is 0.874. The molecule has 0 unspecified atom stereocenters. The van der Waals surface area contributed by atoms with Crippen molar-refractivity contribution in [2.24, 2.45) is 0 Å². The molecule has 130 valence electrons. The van der Waals surface area contributed by atoms with Gasteiger partial charge in [0.15, 0.2) is 0 Å². The number of aliphatic carboxylic acids is 1. The van der Waals surface area contributed by atoms with E-state index < -0.39 is 24.0 Å². The minimum absolute atomic E-state index is 0.0487. The van der Waals surface area contributed by atoms with Crippen LogP contribution in [0.15, 0.2) is 41.3 Å². The zero-order valence-electron chi connectivity index (χ0n) is 13.5. The molecule has 3 rings (SSSR count). The van der Waals surface area contributed by atoms with Crippen LogP contribution in [-0.4, -0.2) is 38.1 Å². The molecule has 7 nitrogen and oxygen atoms in total. The van der Waals surface area contributed by atoms with Crippen LogP contribution in [0.5, 0.6) is 5.75 Å². The highest BCUT2D eigenvalue weighted by Gasteiger charge is 2.23. The van der Waals surface area contributed by atoms with Crippen LogP contribution in [-0.2, 0) is 24.3 Å². The Morgan fingerprint density at radius 2 is 1.96 bits per heavy atom. The third kappa shape index (κ3) is 3.55. The second-order valence-corrected chi connectivity index (χ2v) is 6.03. The Hall–Kier alpha value is -3.09. The third-order valence-electron chi connectivity index (χ3n) is 4.27. The molecule has 2 aromatic rings. The van der Waals surface area contributed by atoms with Gasteiger partial charge in [-0.25, -0.2) is 0 Å². The van der Waals surface area contributed by atoms with Crippen molar-refractivity contribution in [3.63, 3.8) is 0 Å². The Kier molecular flexibility index (Phi) is 4.56. The SMILES string of the molecule is O=C(O)Cn1cccc(C(=O)N2CCCc3ccc(O)cc3C2)c1=O. The highest BCUT2D eigenvalue weighted by molar-refractivity contribution is 5.94. The van der Waals surface area contributed by atoms with Crippen LogP contribution >= 0.6 is 0 Å². The number of hydrogen-bond donors (Lipinski definition) is 2. The molecule has 0 bridgehead atoms. The van der Waals surface area contributed by atoms with Crippen molar-refractivity contribution in [3.8, 4) is 5.75 Å². The van der Waals surface area contributed by atoms with E-state index in [1.54, 1.807) is 17.0 Å². The first-order chi connectivity index (χ1) is 12.0. The van der Waals surface area contributed by atoms with Crippen LogP contribution in [0.25, 0.3) is 0 Å². The van der Waals surface area contributed by atoms with Crippen molar-refractivity contribution in [2.45, 2.75) is 25.9 Å². The second-order valence-electron chi connectivity index (χ2n) is 6.03. The Labute approximate surface area is 143 Å². The Bertz CT molecular complexity index is 887. The van der Waals surface area contributed by atoms with Crippen LogP contribution < -0.4 is 5.56 Å². The molecule has 1 amide bonds. The van der Waals surface area contributed by atoms with E-state index in [-0.39, 0.29) is 11.3 Å². The van der Waals surface area contributed by atoms with Crippen LogP contribution in [0.3, 0.4) is 0 Å². The molecule has 1 aromatic heterocycles. The summed E-state index contributed by atoms with van der Waals surface area (Å²) in [6.07, 6.45) is 2.89. The van der Waals surface area contributed by atoms with Gasteiger partial charge < -0.3 is 19.7 Å². The number of carboxylic acid groups (broad SMARTS) is 1. The molecule has 2 N–H and O–H groups in total. The molecule has 1 aromatic carbocycles. The molecule has 1 aliphatic heterocycles. The first kappa shape index (κ1) is 16.8. The van der Waals surface area contributed by atoms with Gasteiger partial charge in [0, 0.05) is 19.3 Å². The molecule has 0 radical (unpaired) electrons. The van der Waals surface area contributed by atoms with Gasteiger partial charge in [-0.3, -0.25) is 14.4 Å². The third-order valence-corrected chi connectivity index (χ3v) is 4.27. The average Bonchev–Trinajstić information content (AvgIpc) is 2.77. The molecule has 0 saturated heterocycles. The topological polar surface area (TPSA) is 99.8 Å². The van der Waals surface area contributed by atoms with E-state index in [1.165, 1.54) is 18.3 Å². The first-order valence-electron chi connectivity index (χ1n) is 7.97. The summed E-state index contributed by atoms with van der Waals surface area (Å²) in [5.41, 5.74) is 1.26. The molecule has 2 heterocycles. The number of aromatic nitrogens is 1. The summed E-state index contributed by atoms with van der Waals surface area (Å²) in [7, 11) is 0. The molecule has 7 heteroatoms. The van der Waals surface area contributed by atoms with E-state index in [0.29, 0.717) is 13.1 Å². The van der Waals surface area contributed by atoms with E-state index in [1.807, 2.05) is 6.07 Å². The minimum atomic E-state index is -1.15. The normalized spacial score (nSPS) is 13.8. The zero-order valence-corrected chi connectivity index (χ0v) is 13.5. The van der Waals surface area contributed by atoms with Gasteiger partial charge in [0.05, 0.1) is 0 Å². The van der Waals surface area contributed by atoms with Gasteiger partial charge in [-0.15, -0.1) is 0 Å². The molecular formula is C18H18N2O5.